The van der Waals surface area contributed by atoms with Crippen LogP contribution >= 0.6 is 22.6 Å². The van der Waals surface area contributed by atoms with Crippen molar-refractivity contribution in [2.45, 2.75) is 6.92 Å². The molecule has 0 unspecified atom stereocenters. The van der Waals surface area contributed by atoms with Crippen LogP contribution in [0.3, 0.4) is 0 Å². The Hall–Kier alpha value is -1.28. The summed E-state index contributed by atoms with van der Waals surface area (Å²) >= 11 is 1.90. The summed E-state index contributed by atoms with van der Waals surface area (Å²) in [5, 5.41) is 0. The van der Waals surface area contributed by atoms with Gasteiger partial charge >= 0.3 is 5.97 Å². The second-order valence-corrected chi connectivity index (χ2v) is 3.66. The fraction of sp³-hybridized carbons (Fsp3) is 0.154. The zero-order valence-electron chi connectivity index (χ0n) is 8.87. The second kappa shape index (κ2) is 7.07. The Morgan fingerprint density at radius 1 is 1.44 bits per heavy atom. The number of ether oxygens (including phenoxy) is 1. The SMILES string of the molecule is Cc1ccc(C=CC(=O)OCC#CI)cc1. The van der Waals surface area contributed by atoms with Gasteiger partial charge in [-0.1, -0.05) is 35.7 Å². The van der Waals surface area contributed by atoms with Crippen molar-refractivity contribution in [3.05, 3.63) is 41.5 Å². The Balaban J connectivity index is 2.49. The predicted molar refractivity (Wildman–Crippen MR) is 73.0 cm³/mol. The summed E-state index contributed by atoms with van der Waals surface area (Å²) in [5.41, 5.74) is 2.17. The number of carbonyl (C=O) groups is 1. The predicted octanol–water partition coefficient (Wildman–Crippen LogP) is 2.95. The number of esters is 1. The molecule has 1 aromatic rings. The largest absolute Gasteiger partial charge is 0.449 e. The van der Waals surface area contributed by atoms with Crippen molar-refractivity contribution in [2.24, 2.45) is 0 Å². The molecule has 0 fully saturated rings. The van der Waals surface area contributed by atoms with Crippen LogP contribution in [0.15, 0.2) is 30.3 Å². The molecule has 3 heteroatoms. The Morgan fingerprint density at radius 3 is 2.75 bits per heavy atom. The highest BCUT2D eigenvalue weighted by molar-refractivity contribution is 14.1. The van der Waals surface area contributed by atoms with Crippen molar-refractivity contribution >= 4 is 34.6 Å². The van der Waals surface area contributed by atoms with E-state index in [-0.39, 0.29) is 12.6 Å². The first kappa shape index (κ1) is 12.8. The fourth-order valence-electron chi connectivity index (χ4n) is 1.02. The van der Waals surface area contributed by atoms with Crippen LogP contribution in [0, 0.1) is 16.8 Å². The Morgan fingerprint density at radius 2 is 2.12 bits per heavy atom. The molecule has 0 N–H and O–H groups in total. The fourth-order valence-corrected chi connectivity index (χ4v) is 1.18. The summed E-state index contributed by atoms with van der Waals surface area (Å²) in [7, 11) is 0. The van der Waals surface area contributed by atoms with Crippen LogP contribution in [-0.4, -0.2) is 12.6 Å². The van der Waals surface area contributed by atoms with Gasteiger partial charge in [-0.15, -0.1) is 0 Å². The molecule has 2 nitrogen and oxygen atoms in total. The van der Waals surface area contributed by atoms with Gasteiger partial charge in [-0.3, -0.25) is 0 Å². The van der Waals surface area contributed by atoms with Gasteiger partial charge < -0.3 is 4.74 Å². The van der Waals surface area contributed by atoms with Crippen LogP contribution in [0.1, 0.15) is 11.1 Å². The molecule has 0 aliphatic rings. The first-order valence-corrected chi connectivity index (χ1v) is 5.80. The van der Waals surface area contributed by atoms with Crippen LogP contribution in [0.25, 0.3) is 6.08 Å². The molecule has 0 atom stereocenters. The van der Waals surface area contributed by atoms with Gasteiger partial charge in [-0.25, -0.2) is 4.79 Å². The van der Waals surface area contributed by atoms with Crippen molar-refractivity contribution in [1.82, 2.24) is 0 Å². The average molecular weight is 326 g/mol. The van der Waals surface area contributed by atoms with E-state index >= 15 is 0 Å². The van der Waals surface area contributed by atoms with E-state index in [1.54, 1.807) is 6.08 Å². The average Bonchev–Trinajstić information content (AvgIpc) is 2.29. The van der Waals surface area contributed by atoms with Crippen LogP contribution in [-0.2, 0) is 9.53 Å². The third-order valence-corrected chi connectivity index (χ3v) is 2.22. The van der Waals surface area contributed by atoms with Gasteiger partial charge in [0.05, 0.1) is 0 Å². The standard InChI is InChI=1S/C13H11IO2/c1-11-3-5-12(6-4-11)7-8-13(15)16-10-2-9-14/h3-8H,10H2,1H3. The van der Waals surface area contributed by atoms with Crippen LogP contribution < -0.4 is 0 Å². The van der Waals surface area contributed by atoms with Crippen LogP contribution in [0.2, 0.25) is 0 Å². The molecule has 0 aromatic heterocycles. The maximum absolute atomic E-state index is 11.2. The number of aryl methyl sites for hydroxylation is 1. The molecular formula is C13H11IO2. The lowest BCUT2D eigenvalue weighted by Crippen LogP contribution is -1.99. The third kappa shape index (κ3) is 4.99. The first-order chi connectivity index (χ1) is 7.72. The summed E-state index contributed by atoms with van der Waals surface area (Å²) < 4.78 is 7.45. The summed E-state index contributed by atoms with van der Waals surface area (Å²) in [6, 6.07) is 7.88. The maximum atomic E-state index is 11.2. The molecule has 0 radical (unpaired) electrons. The summed E-state index contributed by atoms with van der Waals surface area (Å²) in [5.74, 6) is 2.27. The molecule has 1 aromatic carbocycles. The van der Waals surface area contributed by atoms with Gasteiger partial charge in [0.1, 0.15) is 0 Å². The van der Waals surface area contributed by atoms with Gasteiger partial charge in [-0.05, 0) is 22.5 Å². The molecule has 0 saturated carbocycles. The van der Waals surface area contributed by atoms with Crippen molar-refractivity contribution in [2.75, 3.05) is 6.61 Å². The first-order valence-electron chi connectivity index (χ1n) is 4.72. The van der Waals surface area contributed by atoms with Gasteiger partial charge in [0, 0.05) is 28.7 Å². The van der Waals surface area contributed by atoms with E-state index in [1.807, 2.05) is 53.8 Å². The Kier molecular flexibility index (Phi) is 5.65. The third-order valence-electron chi connectivity index (χ3n) is 1.84. The molecule has 0 aliphatic carbocycles. The van der Waals surface area contributed by atoms with Crippen molar-refractivity contribution in [3.8, 4) is 9.85 Å². The van der Waals surface area contributed by atoms with Gasteiger partial charge in [0.2, 0.25) is 0 Å². The highest BCUT2D eigenvalue weighted by Gasteiger charge is 1.94. The smallest absolute Gasteiger partial charge is 0.331 e. The maximum Gasteiger partial charge on any atom is 0.331 e. The van der Waals surface area contributed by atoms with Gasteiger partial charge in [0.15, 0.2) is 6.61 Å². The lowest BCUT2D eigenvalue weighted by atomic mass is 10.1. The van der Waals surface area contributed by atoms with Crippen molar-refractivity contribution in [3.63, 3.8) is 0 Å². The van der Waals surface area contributed by atoms with E-state index in [0.29, 0.717) is 0 Å². The van der Waals surface area contributed by atoms with E-state index in [9.17, 15) is 4.79 Å². The molecule has 0 amide bonds. The normalized spacial score (nSPS) is 9.62. The monoisotopic (exact) mass is 326 g/mol. The summed E-state index contributed by atoms with van der Waals surface area (Å²) in [6.45, 7) is 2.16. The molecule has 0 saturated heterocycles. The van der Waals surface area contributed by atoms with Gasteiger partial charge in [0.25, 0.3) is 0 Å². The lowest BCUT2D eigenvalue weighted by molar-refractivity contribution is -0.136. The Bertz CT molecular complexity index is 435. The van der Waals surface area contributed by atoms with E-state index < -0.39 is 0 Å². The highest BCUT2D eigenvalue weighted by Crippen LogP contribution is 2.04. The molecule has 0 heterocycles. The number of carbonyl (C=O) groups excluding carboxylic acids is 1. The van der Waals surface area contributed by atoms with E-state index in [2.05, 4.69) is 9.85 Å². The molecule has 82 valence electrons. The molecule has 0 aliphatic heterocycles. The number of halogens is 1. The zero-order valence-corrected chi connectivity index (χ0v) is 11.0. The minimum Gasteiger partial charge on any atom is -0.449 e. The van der Waals surface area contributed by atoms with Crippen LogP contribution in [0.5, 0.6) is 0 Å². The lowest BCUT2D eigenvalue weighted by Gasteiger charge is -1.95. The second-order valence-electron chi connectivity index (χ2n) is 3.12. The number of rotatable bonds is 3. The van der Waals surface area contributed by atoms with Crippen LogP contribution in [0.4, 0.5) is 0 Å². The van der Waals surface area contributed by atoms with Crippen molar-refractivity contribution in [1.29, 1.82) is 0 Å². The number of benzene rings is 1. The minimum atomic E-state index is -0.375. The number of hydrogen-bond donors (Lipinski definition) is 0. The molecule has 16 heavy (non-hydrogen) atoms. The topological polar surface area (TPSA) is 26.3 Å². The van der Waals surface area contributed by atoms with E-state index in [4.69, 9.17) is 4.74 Å². The molecular weight excluding hydrogens is 315 g/mol. The van der Waals surface area contributed by atoms with E-state index in [1.165, 1.54) is 11.6 Å². The summed E-state index contributed by atoms with van der Waals surface area (Å²) in [6.07, 6.45) is 3.12. The van der Waals surface area contributed by atoms with E-state index in [0.717, 1.165) is 5.56 Å². The molecule has 1 rings (SSSR count). The minimum absolute atomic E-state index is 0.139. The Labute approximate surface area is 109 Å². The quantitative estimate of drug-likeness (QED) is 0.369. The molecule has 0 bridgehead atoms. The van der Waals surface area contributed by atoms with Crippen molar-refractivity contribution < 1.29 is 9.53 Å². The highest BCUT2D eigenvalue weighted by atomic mass is 127. The van der Waals surface area contributed by atoms with Gasteiger partial charge in [-0.2, -0.15) is 0 Å². The number of hydrogen-bond acceptors (Lipinski definition) is 2. The summed E-state index contributed by atoms with van der Waals surface area (Å²) in [4.78, 5) is 11.2. The zero-order chi connectivity index (χ0) is 11.8. The molecule has 0 spiro atoms.